The molecule has 1 aromatic rings. The molecular formula is C19H26BrIO3. The van der Waals surface area contributed by atoms with E-state index in [-0.39, 0.29) is 11.8 Å². The fraction of sp³-hybridized carbons (Fsp3) is 0.579. The number of alkyl halides is 1. The summed E-state index contributed by atoms with van der Waals surface area (Å²) in [6.07, 6.45) is 3.30. The van der Waals surface area contributed by atoms with Gasteiger partial charge in [0.25, 0.3) is 0 Å². The van der Waals surface area contributed by atoms with E-state index in [1.54, 1.807) is 0 Å². The lowest BCUT2D eigenvalue weighted by Crippen LogP contribution is -2.34. The van der Waals surface area contributed by atoms with Crippen molar-refractivity contribution in [3.63, 3.8) is 0 Å². The van der Waals surface area contributed by atoms with E-state index in [4.69, 9.17) is 4.74 Å². The third-order valence-corrected chi connectivity index (χ3v) is 5.85. The molecule has 0 saturated carbocycles. The maximum Gasteiger partial charge on any atom is 0.311 e. The lowest BCUT2D eigenvalue weighted by Gasteiger charge is -2.29. The molecule has 0 bridgehead atoms. The summed E-state index contributed by atoms with van der Waals surface area (Å²) in [6.45, 7) is 5.83. The van der Waals surface area contributed by atoms with Crippen LogP contribution in [0.5, 0.6) is 0 Å². The van der Waals surface area contributed by atoms with Crippen LogP contribution in [-0.2, 0) is 19.7 Å². The van der Waals surface area contributed by atoms with Gasteiger partial charge in [-0.15, -0.1) is 0 Å². The van der Waals surface area contributed by atoms with Crippen molar-refractivity contribution in [2.45, 2.75) is 51.9 Å². The third kappa shape index (κ3) is 5.55. The Morgan fingerprint density at radius 2 is 1.79 bits per heavy atom. The summed E-state index contributed by atoms with van der Waals surface area (Å²) in [6, 6.07) is 8.14. The number of ether oxygens (including phenoxy) is 1. The zero-order valence-corrected chi connectivity index (χ0v) is 18.6. The molecule has 0 heterocycles. The zero-order valence-electron chi connectivity index (χ0n) is 14.8. The SMILES string of the molecule is COC(=O)C(C)(C)CCCCC(C)(C(=O)CBr)c1cccc(I)c1. The van der Waals surface area contributed by atoms with E-state index in [9.17, 15) is 9.59 Å². The lowest BCUT2D eigenvalue weighted by molar-refractivity contribution is -0.151. The van der Waals surface area contributed by atoms with Crippen molar-refractivity contribution in [3.05, 3.63) is 33.4 Å². The van der Waals surface area contributed by atoms with Crippen LogP contribution in [0.25, 0.3) is 0 Å². The van der Waals surface area contributed by atoms with Gasteiger partial charge in [-0.2, -0.15) is 0 Å². The number of carbonyl (C=O) groups is 2. The molecule has 0 radical (unpaired) electrons. The average Bonchev–Trinajstić information content (AvgIpc) is 2.56. The number of hydrogen-bond acceptors (Lipinski definition) is 3. The molecule has 1 unspecified atom stereocenters. The van der Waals surface area contributed by atoms with Crippen LogP contribution in [-0.4, -0.2) is 24.2 Å². The largest absolute Gasteiger partial charge is 0.469 e. The number of rotatable bonds is 9. The van der Waals surface area contributed by atoms with Gasteiger partial charge < -0.3 is 4.74 Å². The van der Waals surface area contributed by atoms with Crippen molar-refractivity contribution in [1.82, 2.24) is 0 Å². The number of unbranched alkanes of at least 4 members (excludes halogenated alkanes) is 1. The Hall–Kier alpha value is -0.430. The molecule has 1 atom stereocenters. The highest BCUT2D eigenvalue weighted by Gasteiger charge is 2.34. The molecular weight excluding hydrogens is 483 g/mol. The molecule has 0 amide bonds. The van der Waals surface area contributed by atoms with E-state index in [0.29, 0.717) is 5.33 Å². The van der Waals surface area contributed by atoms with Crippen LogP contribution in [0.15, 0.2) is 24.3 Å². The van der Waals surface area contributed by atoms with E-state index >= 15 is 0 Å². The molecule has 0 N–H and O–H groups in total. The zero-order chi connectivity index (χ0) is 18.4. The monoisotopic (exact) mass is 508 g/mol. The molecule has 0 aliphatic rings. The molecule has 0 spiro atoms. The van der Waals surface area contributed by atoms with Crippen LogP contribution in [0, 0.1) is 8.99 Å². The minimum absolute atomic E-state index is 0.181. The quantitative estimate of drug-likeness (QED) is 0.197. The first-order valence-corrected chi connectivity index (χ1v) is 10.3. The minimum atomic E-state index is -0.500. The standard InChI is InChI=1S/C19H26BrIO3/c1-18(2,17(23)24-4)10-5-6-11-19(3,16(22)13-20)14-8-7-9-15(21)12-14/h7-9,12H,5-6,10-11,13H2,1-4H3. The summed E-state index contributed by atoms with van der Waals surface area (Å²) in [7, 11) is 1.42. The van der Waals surface area contributed by atoms with Crippen molar-refractivity contribution in [1.29, 1.82) is 0 Å². The van der Waals surface area contributed by atoms with Gasteiger partial charge in [0, 0.05) is 3.57 Å². The number of esters is 1. The van der Waals surface area contributed by atoms with Gasteiger partial charge in [0.2, 0.25) is 0 Å². The Labute approximate surface area is 167 Å². The van der Waals surface area contributed by atoms with Gasteiger partial charge in [0.1, 0.15) is 0 Å². The molecule has 1 aromatic carbocycles. The van der Waals surface area contributed by atoms with Crippen molar-refractivity contribution < 1.29 is 14.3 Å². The second kappa shape index (κ2) is 9.32. The summed E-state index contributed by atoms with van der Waals surface area (Å²) in [4.78, 5) is 24.3. The van der Waals surface area contributed by atoms with Gasteiger partial charge in [-0.05, 0) is 73.9 Å². The van der Waals surface area contributed by atoms with E-state index in [1.807, 2.05) is 39.0 Å². The maximum absolute atomic E-state index is 12.6. The lowest BCUT2D eigenvalue weighted by atomic mass is 9.74. The van der Waals surface area contributed by atoms with Crippen LogP contribution in [0.4, 0.5) is 0 Å². The number of halogens is 2. The summed E-state index contributed by atoms with van der Waals surface area (Å²) >= 11 is 5.60. The number of Topliss-reactive ketones (excluding diaryl/α,β-unsaturated/α-hetero) is 1. The second-order valence-corrected chi connectivity index (χ2v) is 8.79. The Balaban J connectivity index is 2.79. The Bertz CT molecular complexity index is 586. The van der Waals surface area contributed by atoms with Gasteiger partial charge in [-0.1, -0.05) is 40.9 Å². The molecule has 5 heteroatoms. The summed E-state index contributed by atoms with van der Waals surface area (Å²) < 4.78 is 5.98. The molecule has 0 fully saturated rings. The fourth-order valence-corrected chi connectivity index (χ4v) is 4.01. The molecule has 1 rings (SSSR count). The first kappa shape index (κ1) is 21.6. The average molecular weight is 509 g/mol. The summed E-state index contributed by atoms with van der Waals surface area (Å²) in [5, 5.41) is 0.350. The van der Waals surface area contributed by atoms with Crippen LogP contribution in [0.1, 0.15) is 52.0 Å². The van der Waals surface area contributed by atoms with Gasteiger partial charge in [-0.3, -0.25) is 9.59 Å². The highest BCUT2D eigenvalue weighted by Crippen LogP contribution is 2.34. The summed E-state index contributed by atoms with van der Waals surface area (Å²) in [5.41, 5.74) is 0.0818. The fourth-order valence-electron chi connectivity index (χ4n) is 2.85. The highest BCUT2D eigenvalue weighted by molar-refractivity contribution is 14.1. The molecule has 134 valence electrons. The topological polar surface area (TPSA) is 43.4 Å². The van der Waals surface area contributed by atoms with Crippen LogP contribution in [0.3, 0.4) is 0 Å². The van der Waals surface area contributed by atoms with Crippen LogP contribution < -0.4 is 0 Å². The number of benzene rings is 1. The van der Waals surface area contributed by atoms with Crippen molar-refractivity contribution in [2.75, 3.05) is 12.4 Å². The van der Waals surface area contributed by atoms with Gasteiger partial charge in [0.15, 0.2) is 5.78 Å². The highest BCUT2D eigenvalue weighted by atomic mass is 127. The summed E-state index contributed by atoms with van der Waals surface area (Å²) in [5.74, 6) is 0.0103. The van der Waals surface area contributed by atoms with Gasteiger partial charge >= 0.3 is 5.97 Å². The van der Waals surface area contributed by atoms with E-state index in [1.165, 1.54) is 7.11 Å². The first-order chi connectivity index (χ1) is 11.2. The van der Waals surface area contributed by atoms with Crippen molar-refractivity contribution >= 4 is 50.3 Å². The first-order valence-electron chi connectivity index (χ1n) is 8.11. The van der Waals surface area contributed by atoms with Crippen LogP contribution >= 0.6 is 38.5 Å². The number of ketones is 1. The van der Waals surface area contributed by atoms with Gasteiger partial charge in [0.05, 0.1) is 23.3 Å². The van der Waals surface area contributed by atoms with E-state index < -0.39 is 10.8 Å². The molecule has 0 aliphatic carbocycles. The smallest absolute Gasteiger partial charge is 0.311 e. The molecule has 0 saturated heterocycles. The van der Waals surface area contributed by atoms with Crippen LogP contribution in [0.2, 0.25) is 0 Å². The Kier molecular flexibility index (Phi) is 8.39. The normalized spacial score (nSPS) is 14.1. The molecule has 3 nitrogen and oxygen atoms in total. The molecule has 0 aliphatic heterocycles. The maximum atomic E-state index is 12.6. The van der Waals surface area contributed by atoms with E-state index in [2.05, 4.69) is 44.6 Å². The third-order valence-electron chi connectivity index (χ3n) is 4.67. The Morgan fingerprint density at radius 1 is 1.17 bits per heavy atom. The predicted octanol–water partition coefficient (Wildman–Crippen LogP) is 5.27. The number of carbonyl (C=O) groups excluding carboxylic acids is 2. The number of methoxy groups -OCH3 is 1. The Morgan fingerprint density at radius 3 is 2.33 bits per heavy atom. The van der Waals surface area contributed by atoms with Crippen molar-refractivity contribution in [3.8, 4) is 0 Å². The van der Waals surface area contributed by atoms with Crippen molar-refractivity contribution in [2.24, 2.45) is 5.41 Å². The minimum Gasteiger partial charge on any atom is -0.469 e. The molecule has 24 heavy (non-hydrogen) atoms. The van der Waals surface area contributed by atoms with E-state index in [0.717, 1.165) is 34.8 Å². The molecule has 0 aromatic heterocycles. The number of hydrogen-bond donors (Lipinski definition) is 0. The van der Waals surface area contributed by atoms with Gasteiger partial charge in [-0.25, -0.2) is 0 Å². The second-order valence-electron chi connectivity index (χ2n) is 6.98. The predicted molar refractivity (Wildman–Crippen MR) is 110 cm³/mol.